The summed E-state index contributed by atoms with van der Waals surface area (Å²) in [6.45, 7) is 21.4. The Morgan fingerprint density at radius 2 is 1.59 bits per heavy atom. The van der Waals surface area contributed by atoms with Crippen LogP contribution in [-0.4, -0.2) is 46.7 Å². The summed E-state index contributed by atoms with van der Waals surface area (Å²) in [4.78, 5) is 39.4. The van der Waals surface area contributed by atoms with Crippen LogP contribution in [0.25, 0.3) is 0 Å². The summed E-state index contributed by atoms with van der Waals surface area (Å²) in [5.41, 5.74) is 2.05. The minimum atomic E-state index is -0.829. The number of carbonyl (C=O) groups is 3. The molecule has 1 aromatic rings. The zero-order valence-corrected chi connectivity index (χ0v) is 35.1. The van der Waals surface area contributed by atoms with Gasteiger partial charge in [0.2, 0.25) is 0 Å². The van der Waals surface area contributed by atoms with Gasteiger partial charge in [0, 0.05) is 35.4 Å². The van der Waals surface area contributed by atoms with Gasteiger partial charge in [-0.05, 0) is 120 Å². The summed E-state index contributed by atoms with van der Waals surface area (Å²) in [6.07, 6.45) is 7.82. The molecule has 1 aromatic carbocycles. The molecule has 5 saturated carbocycles. The minimum Gasteiger partial charge on any atom is -0.481 e. The number of aliphatic hydroxyl groups excluding tert-OH is 1. The maximum absolute atomic E-state index is 14.1. The molecule has 5 fully saturated rings. The van der Waals surface area contributed by atoms with E-state index in [1.807, 2.05) is 38.1 Å². The molecule has 8 heteroatoms. The van der Waals surface area contributed by atoms with Gasteiger partial charge in [-0.1, -0.05) is 97.7 Å². The molecule has 7 rings (SSSR count). The Labute approximate surface area is 328 Å². The van der Waals surface area contributed by atoms with Gasteiger partial charge in [-0.3, -0.25) is 14.4 Å². The predicted molar refractivity (Wildman–Crippen MR) is 211 cm³/mol. The van der Waals surface area contributed by atoms with Gasteiger partial charge < -0.3 is 20.3 Å². The van der Waals surface area contributed by atoms with Crippen molar-refractivity contribution in [1.29, 1.82) is 0 Å². The number of halogens is 1. The quantitative estimate of drug-likeness (QED) is 0.215. The molecule has 6 aliphatic rings. The van der Waals surface area contributed by atoms with Crippen LogP contribution >= 0.6 is 11.6 Å². The molecule has 0 amide bonds. The monoisotopic (exact) mass is 763 g/mol. The van der Waals surface area contributed by atoms with Crippen LogP contribution in [0.4, 0.5) is 0 Å². The van der Waals surface area contributed by atoms with Crippen LogP contribution in [0.5, 0.6) is 0 Å². The van der Waals surface area contributed by atoms with Crippen molar-refractivity contribution in [3.05, 3.63) is 46.0 Å². The van der Waals surface area contributed by atoms with Crippen LogP contribution < -0.4 is 5.32 Å². The number of ketones is 1. The van der Waals surface area contributed by atoms with Gasteiger partial charge >= 0.3 is 11.9 Å². The molecule has 0 unspecified atom stereocenters. The molecule has 3 N–H and O–H groups in total. The number of carboxylic acids is 1. The van der Waals surface area contributed by atoms with E-state index in [0.29, 0.717) is 42.8 Å². The van der Waals surface area contributed by atoms with Gasteiger partial charge in [-0.25, -0.2) is 0 Å². The number of hydrogen-bond donors (Lipinski definition) is 3. The third-order valence-electron chi connectivity index (χ3n) is 17.8. The zero-order chi connectivity index (χ0) is 39.4. The second-order valence-corrected chi connectivity index (χ2v) is 21.3. The summed E-state index contributed by atoms with van der Waals surface area (Å²) in [5.74, 6) is -0.459. The maximum atomic E-state index is 14.1. The molecular weight excluding hydrogens is 698 g/mol. The molecule has 7 nitrogen and oxygen atoms in total. The number of fused-ring (bicyclic) bond motifs is 7. The molecule has 0 heterocycles. The lowest BCUT2D eigenvalue weighted by Gasteiger charge is -2.72. The van der Waals surface area contributed by atoms with E-state index in [1.165, 1.54) is 5.57 Å². The first-order valence-corrected chi connectivity index (χ1v) is 21.4. The number of allylic oxidation sites excluding steroid dienone is 1. The molecular formula is C46H66ClNO6. The fraction of sp³-hybridized carbons (Fsp3) is 0.761. The number of nitrogens with one attached hydrogen (secondary N) is 1. The topological polar surface area (TPSA) is 113 Å². The lowest BCUT2D eigenvalue weighted by atomic mass is 9.33. The average molecular weight is 764 g/mol. The van der Waals surface area contributed by atoms with Crippen LogP contribution in [0.15, 0.2) is 35.4 Å². The zero-order valence-electron chi connectivity index (χ0n) is 34.3. The first-order valence-electron chi connectivity index (χ1n) is 21.0. The van der Waals surface area contributed by atoms with Gasteiger partial charge in [0.05, 0.1) is 17.9 Å². The molecule has 0 aromatic heterocycles. The van der Waals surface area contributed by atoms with Crippen molar-refractivity contribution < 1.29 is 29.3 Å². The Balaban J connectivity index is 1.13. The molecule has 54 heavy (non-hydrogen) atoms. The number of aliphatic hydroxyl groups is 1. The van der Waals surface area contributed by atoms with E-state index in [0.717, 1.165) is 62.5 Å². The van der Waals surface area contributed by atoms with Gasteiger partial charge in [0.15, 0.2) is 5.78 Å². The summed E-state index contributed by atoms with van der Waals surface area (Å²) < 4.78 is 6.41. The smallest absolute Gasteiger partial charge is 0.309 e. The van der Waals surface area contributed by atoms with Gasteiger partial charge in [0.1, 0.15) is 6.10 Å². The van der Waals surface area contributed by atoms with Crippen molar-refractivity contribution in [2.75, 3.05) is 6.54 Å². The van der Waals surface area contributed by atoms with E-state index in [9.17, 15) is 24.6 Å². The van der Waals surface area contributed by atoms with Crippen molar-refractivity contribution in [1.82, 2.24) is 5.32 Å². The van der Waals surface area contributed by atoms with Crippen molar-refractivity contribution in [2.45, 2.75) is 145 Å². The fourth-order valence-corrected chi connectivity index (χ4v) is 14.6. The number of ether oxygens (including phenoxy) is 1. The van der Waals surface area contributed by atoms with Crippen LogP contribution in [0.1, 0.15) is 132 Å². The number of esters is 1. The predicted octanol–water partition coefficient (Wildman–Crippen LogP) is 9.43. The second kappa shape index (κ2) is 13.4. The summed E-state index contributed by atoms with van der Waals surface area (Å²) in [6, 6.07) is 7.81. The molecule has 6 aliphatic carbocycles. The van der Waals surface area contributed by atoms with E-state index in [1.54, 1.807) is 0 Å². The molecule has 11 atom stereocenters. The van der Waals surface area contributed by atoms with Crippen LogP contribution in [0.2, 0.25) is 5.02 Å². The highest BCUT2D eigenvalue weighted by Crippen LogP contribution is 2.77. The molecule has 0 radical (unpaired) electrons. The van der Waals surface area contributed by atoms with Crippen LogP contribution in [-0.2, 0) is 25.7 Å². The number of carboxylic acid groups (broad SMARTS) is 1. The molecule has 298 valence electrons. The average Bonchev–Trinajstić information content (AvgIpc) is 3.40. The number of hydrogen-bond acceptors (Lipinski definition) is 6. The lowest BCUT2D eigenvalue weighted by molar-refractivity contribution is -0.238. The van der Waals surface area contributed by atoms with Crippen molar-refractivity contribution >= 4 is 29.3 Å². The number of rotatable bonds is 9. The maximum Gasteiger partial charge on any atom is 0.309 e. The van der Waals surface area contributed by atoms with E-state index in [4.69, 9.17) is 16.3 Å². The standard InChI is InChI=1S/C46H66ClNO6/c1-26(2)37-32(49)23-46(35(50)25-48-24-27-12-10-11-13-31(27)47)21-20-44(8)28(38(37)46)14-15-34-43(7)18-17-36(42(5,6)33(43)16-19-45(34,44)9)54-40(53)30-22-29(39(51)52)41(30,3)4/h10-13,26,28-30,33-36,48,50H,14-25H2,1-9H3,(H,51,52)/t28-,29+,30-,33+,34-,35+,36+,43+,44-,45-,46+/m1/s1. The first kappa shape index (κ1) is 40.0. The minimum absolute atomic E-state index is 0.0118. The number of aliphatic carboxylic acids is 1. The Morgan fingerprint density at radius 3 is 2.24 bits per heavy atom. The first-order chi connectivity index (χ1) is 25.2. The Morgan fingerprint density at radius 1 is 0.889 bits per heavy atom. The van der Waals surface area contributed by atoms with E-state index in [2.05, 4.69) is 53.8 Å². The highest BCUT2D eigenvalue weighted by Gasteiger charge is 2.71. The Hall–Kier alpha value is -2.22. The fourth-order valence-electron chi connectivity index (χ4n) is 14.4. The van der Waals surface area contributed by atoms with E-state index in [-0.39, 0.29) is 57.3 Å². The third-order valence-corrected chi connectivity index (χ3v) is 18.1. The van der Waals surface area contributed by atoms with Crippen molar-refractivity contribution in [3.8, 4) is 0 Å². The molecule has 0 aliphatic heterocycles. The van der Waals surface area contributed by atoms with Gasteiger partial charge in [-0.15, -0.1) is 0 Å². The molecule has 0 saturated heterocycles. The molecule has 0 spiro atoms. The Bertz CT molecular complexity index is 1730. The van der Waals surface area contributed by atoms with E-state index < -0.39 is 28.8 Å². The van der Waals surface area contributed by atoms with Gasteiger partial charge in [-0.2, -0.15) is 0 Å². The number of Topliss-reactive ketones (excluding diaryl/α,β-unsaturated/α-hetero) is 1. The summed E-state index contributed by atoms with van der Waals surface area (Å²) in [7, 11) is 0. The normalized spacial score (nSPS) is 41.2. The number of carbonyl (C=O) groups excluding carboxylic acids is 2. The SMILES string of the molecule is CC(C)C1=C2[C@H]3CC[C@@H]4[C@@]5(C)CC[C@H](OC(=O)[C@H]6C[C@@H](C(=O)O)C6(C)C)C(C)(C)[C@@H]5CC[C@@]4(C)[C@]3(C)CC[C@@]2([C@@H](O)CNCc2ccccc2Cl)CC1=O. The highest BCUT2D eigenvalue weighted by atomic mass is 35.5. The second-order valence-electron chi connectivity index (χ2n) is 20.9. The summed E-state index contributed by atoms with van der Waals surface area (Å²) >= 11 is 6.46. The third kappa shape index (κ3) is 5.65. The van der Waals surface area contributed by atoms with E-state index >= 15 is 0 Å². The summed E-state index contributed by atoms with van der Waals surface area (Å²) in [5, 5.41) is 26.1. The highest BCUT2D eigenvalue weighted by molar-refractivity contribution is 6.31. The lowest BCUT2D eigenvalue weighted by Crippen LogP contribution is -2.66. The van der Waals surface area contributed by atoms with Crippen molar-refractivity contribution in [2.24, 2.45) is 68.0 Å². The van der Waals surface area contributed by atoms with Crippen LogP contribution in [0, 0.1) is 68.0 Å². The largest absolute Gasteiger partial charge is 0.481 e. The van der Waals surface area contributed by atoms with Gasteiger partial charge in [0.25, 0.3) is 0 Å². The van der Waals surface area contributed by atoms with Crippen molar-refractivity contribution in [3.63, 3.8) is 0 Å². The Kier molecular flexibility index (Phi) is 9.95. The molecule has 0 bridgehead atoms. The number of benzene rings is 1. The van der Waals surface area contributed by atoms with Crippen LogP contribution in [0.3, 0.4) is 0 Å².